The van der Waals surface area contributed by atoms with Gasteiger partial charge in [-0.3, -0.25) is 19.6 Å². The number of hydrogen-bond acceptors (Lipinski definition) is 4. The first-order valence-corrected chi connectivity index (χ1v) is 7.09. The van der Waals surface area contributed by atoms with Crippen molar-refractivity contribution in [2.45, 2.75) is 13.3 Å². The van der Waals surface area contributed by atoms with E-state index in [2.05, 4.69) is 10.2 Å². The first-order valence-electron chi connectivity index (χ1n) is 7.09. The number of nitrogens with zero attached hydrogens (tertiary/aromatic N) is 2. The zero-order valence-corrected chi connectivity index (χ0v) is 12.5. The molecule has 1 aromatic heterocycles. The number of carbonyl (C=O) groups excluding carboxylic acids is 2. The largest absolute Gasteiger partial charge is 0.469 e. The Morgan fingerprint density at radius 1 is 1.41 bits per heavy atom. The average molecular weight is 299 g/mol. The second-order valence-electron chi connectivity index (χ2n) is 5.38. The minimum atomic E-state index is -0.420. The van der Waals surface area contributed by atoms with Crippen molar-refractivity contribution >= 4 is 17.7 Å². The van der Waals surface area contributed by atoms with E-state index in [1.807, 2.05) is 37.3 Å². The van der Waals surface area contributed by atoms with E-state index in [0.29, 0.717) is 12.4 Å². The summed E-state index contributed by atoms with van der Waals surface area (Å²) in [7, 11) is 1.33. The molecule has 2 heterocycles. The summed E-state index contributed by atoms with van der Waals surface area (Å²) >= 11 is 0. The van der Waals surface area contributed by atoms with E-state index >= 15 is 0 Å². The number of carbonyl (C=O) groups is 2. The van der Waals surface area contributed by atoms with Crippen LogP contribution < -0.4 is 4.90 Å². The fraction of sp³-hybridized carbons (Fsp3) is 0.312. The second-order valence-corrected chi connectivity index (χ2v) is 5.38. The molecule has 1 unspecified atom stereocenters. The van der Waals surface area contributed by atoms with Crippen LogP contribution in [0.15, 0.2) is 30.3 Å². The number of esters is 1. The third-order valence-electron chi connectivity index (χ3n) is 3.94. The highest BCUT2D eigenvalue weighted by molar-refractivity contribution is 5.99. The fourth-order valence-corrected chi connectivity index (χ4v) is 2.72. The van der Waals surface area contributed by atoms with Crippen molar-refractivity contribution in [3.63, 3.8) is 0 Å². The molecule has 1 saturated heterocycles. The number of aromatic nitrogens is 2. The van der Waals surface area contributed by atoms with E-state index < -0.39 is 5.92 Å². The minimum Gasteiger partial charge on any atom is -0.469 e. The first-order chi connectivity index (χ1) is 10.6. The van der Waals surface area contributed by atoms with Gasteiger partial charge in [0.1, 0.15) is 0 Å². The van der Waals surface area contributed by atoms with Crippen LogP contribution in [-0.4, -0.2) is 35.7 Å². The van der Waals surface area contributed by atoms with Gasteiger partial charge in [-0.05, 0) is 12.5 Å². The monoisotopic (exact) mass is 299 g/mol. The summed E-state index contributed by atoms with van der Waals surface area (Å²) in [5.41, 5.74) is 3.01. The maximum atomic E-state index is 12.1. The van der Waals surface area contributed by atoms with Crippen LogP contribution in [-0.2, 0) is 14.3 Å². The Bertz CT molecular complexity index is 723. The zero-order valence-electron chi connectivity index (χ0n) is 12.5. The summed E-state index contributed by atoms with van der Waals surface area (Å²) in [5.74, 6) is -0.352. The van der Waals surface area contributed by atoms with Gasteiger partial charge < -0.3 is 4.74 Å². The third kappa shape index (κ3) is 2.47. The van der Waals surface area contributed by atoms with E-state index in [1.165, 1.54) is 12.0 Å². The number of benzene rings is 1. The molecule has 1 atom stereocenters. The van der Waals surface area contributed by atoms with Gasteiger partial charge in [-0.1, -0.05) is 24.3 Å². The summed E-state index contributed by atoms with van der Waals surface area (Å²) in [6.07, 6.45) is 0.166. The molecular formula is C16H17N3O3. The molecule has 1 N–H and O–H groups in total. The van der Waals surface area contributed by atoms with Gasteiger partial charge in [0.05, 0.1) is 18.7 Å². The molecule has 3 rings (SSSR count). The van der Waals surface area contributed by atoms with Crippen molar-refractivity contribution in [1.29, 1.82) is 0 Å². The Kier molecular flexibility index (Phi) is 3.66. The van der Waals surface area contributed by atoms with Crippen LogP contribution in [0.3, 0.4) is 0 Å². The molecule has 1 aliphatic rings. The molecule has 22 heavy (non-hydrogen) atoms. The number of aromatic amines is 1. The summed E-state index contributed by atoms with van der Waals surface area (Å²) < 4.78 is 4.71. The summed E-state index contributed by atoms with van der Waals surface area (Å²) in [4.78, 5) is 25.2. The minimum absolute atomic E-state index is 0.113. The lowest BCUT2D eigenvalue weighted by Crippen LogP contribution is -2.26. The van der Waals surface area contributed by atoms with Gasteiger partial charge in [-0.15, -0.1) is 0 Å². The fourth-order valence-electron chi connectivity index (χ4n) is 2.72. The van der Waals surface area contributed by atoms with Gasteiger partial charge in [0, 0.05) is 24.6 Å². The van der Waals surface area contributed by atoms with Crippen molar-refractivity contribution in [1.82, 2.24) is 10.2 Å². The zero-order chi connectivity index (χ0) is 15.7. The number of rotatable bonds is 3. The molecular weight excluding hydrogens is 282 g/mol. The molecule has 6 nitrogen and oxygen atoms in total. The number of methoxy groups -OCH3 is 1. The third-order valence-corrected chi connectivity index (χ3v) is 3.94. The van der Waals surface area contributed by atoms with Gasteiger partial charge in [0.2, 0.25) is 5.91 Å². The van der Waals surface area contributed by atoms with Crippen LogP contribution >= 0.6 is 0 Å². The van der Waals surface area contributed by atoms with Gasteiger partial charge in [-0.2, -0.15) is 5.10 Å². The summed E-state index contributed by atoms with van der Waals surface area (Å²) in [6.45, 7) is 2.33. The highest BCUT2D eigenvalue weighted by atomic mass is 16.5. The molecule has 0 spiro atoms. The summed E-state index contributed by atoms with van der Waals surface area (Å²) in [6, 6.07) is 9.78. The number of aryl methyl sites for hydroxylation is 1. The molecule has 6 heteroatoms. The molecule has 1 amide bonds. The van der Waals surface area contributed by atoms with Gasteiger partial charge in [0.15, 0.2) is 5.82 Å². The normalized spacial score (nSPS) is 17.8. The highest BCUT2D eigenvalue weighted by Gasteiger charge is 2.36. The van der Waals surface area contributed by atoms with Crippen LogP contribution in [0.1, 0.15) is 12.0 Å². The average Bonchev–Trinajstić information content (AvgIpc) is 3.13. The van der Waals surface area contributed by atoms with Crippen LogP contribution in [0.2, 0.25) is 0 Å². The molecule has 0 saturated carbocycles. The lowest BCUT2D eigenvalue weighted by atomic mass is 10.1. The second kappa shape index (κ2) is 5.63. The predicted molar refractivity (Wildman–Crippen MR) is 81.2 cm³/mol. The van der Waals surface area contributed by atoms with E-state index in [4.69, 9.17) is 4.74 Å². The van der Waals surface area contributed by atoms with E-state index in [0.717, 1.165) is 16.8 Å². The molecule has 114 valence electrons. The topological polar surface area (TPSA) is 75.3 Å². The van der Waals surface area contributed by atoms with Crippen LogP contribution in [0.4, 0.5) is 5.82 Å². The first kappa shape index (κ1) is 14.3. The van der Waals surface area contributed by atoms with Gasteiger partial charge >= 0.3 is 5.97 Å². The van der Waals surface area contributed by atoms with E-state index in [-0.39, 0.29) is 18.3 Å². The number of anilines is 1. The Morgan fingerprint density at radius 3 is 2.91 bits per heavy atom. The van der Waals surface area contributed by atoms with Crippen molar-refractivity contribution in [3.05, 3.63) is 35.9 Å². The van der Waals surface area contributed by atoms with Crippen molar-refractivity contribution in [2.24, 2.45) is 5.92 Å². The molecule has 1 aromatic carbocycles. The van der Waals surface area contributed by atoms with Gasteiger partial charge in [0.25, 0.3) is 0 Å². The van der Waals surface area contributed by atoms with Crippen LogP contribution in [0.25, 0.3) is 11.3 Å². The van der Waals surface area contributed by atoms with E-state index in [1.54, 1.807) is 0 Å². The van der Waals surface area contributed by atoms with Crippen LogP contribution in [0, 0.1) is 12.8 Å². The maximum absolute atomic E-state index is 12.1. The van der Waals surface area contributed by atoms with E-state index in [9.17, 15) is 9.59 Å². The van der Waals surface area contributed by atoms with Crippen molar-refractivity contribution < 1.29 is 14.3 Å². The molecule has 0 radical (unpaired) electrons. The van der Waals surface area contributed by atoms with Crippen molar-refractivity contribution in [3.8, 4) is 11.3 Å². The smallest absolute Gasteiger partial charge is 0.311 e. The maximum Gasteiger partial charge on any atom is 0.311 e. The SMILES string of the molecule is COC(=O)C1CC(=O)N(c2cc(-c3ccccc3C)[nH]n2)C1. The number of nitrogens with one attached hydrogen (secondary N) is 1. The lowest BCUT2D eigenvalue weighted by molar-refractivity contribution is -0.145. The number of H-pyrrole nitrogens is 1. The quantitative estimate of drug-likeness (QED) is 0.878. The number of hydrogen-bond donors (Lipinski definition) is 1. The van der Waals surface area contributed by atoms with Gasteiger partial charge in [-0.25, -0.2) is 0 Å². The Balaban J connectivity index is 1.84. The Hall–Kier alpha value is -2.63. The predicted octanol–water partition coefficient (Wildman–Crippen LogP) is 1.91. The van der Waals surface area contributed by atoms with Crippen molar-refractivity contribution in [2.75, 3.05) is 18.6 Å². The molecule has 2 aromatic rings. The highest BCUT2D eigenvalue weighted by Crippen LogP contribution is 2.28. The number of ether oxygens (including phenoxy) is 1. The Morgan fingerprint density at radius 2 is 2.18 bits per heavy atom. The lowest BCUT2D eigenvalue weighted by Gasteiger charge is -2.12. The standard InChI is InChI=1S/C16H17N3O3/c1-10-5-3-4-6-12(10)13-8-14(18-17-13)19-9-11(7-15(19)20)16(21)22-2/h3-6,8,11H,7,9H2,1-2H3,(H,17,18). The molecule has 0 bridgehead atoms. The molecule has 1 aliphatic heterocycles. The van der Waals surface area contributed by atoms with Crippen LogP contribution in [0.5, 0.6) is 0 Å². The number of amides is 1. The summed E-state index contributed by atoms with van der Waals surface area (Å²) in [5, 5.41) is 7.17. The molecule has 0 aliphatic carbocycles. The Labute approximate surface area is 128 Å². The molecule has 1 fully saturated rings.